The van der Waals surface area contributed by atoms with Crippen LogP contribution in [0, 0.1) is 0 Å². The molecule has 1 aromatic heterocycles. The molecule has 6 heteroatoms. The molecule has 0 aliphatic heterocycles. The summed E-state index contributed by atoms with van der Waals surface area (Å²) in [5.74, 6) is -1.45. The quantitative estimate of drug-likeness (QED) is 0.267. The normalized spacial score (nSPS) is 9.73. The number of pyridine rings is 1. The Kier molecular flexibility index (Phi) is 3.94. The maximum atomic E-state index is 11.4. The van der Waals surface area contributed by atoms with E-state index in [-0.39, 0.29) is 22.2 Å². The van der Waals surface area contributed by atoms with Crippen molar-refractivity contribution in [3.05, 3.63) is 28.0 Å². The Morgan fingerprint density at radius 3 is 2.60 bits per heavy atom. The number of Topliss-reactive ketones (excluding diaryl/α,β-unsaturated/α-hetero) is 2. The van der Waals surface area contributed by atoms with Gasteiger partial charge in [-0.05, 0) is 12.1 Å². The molecule has 4 nitrogen and oxygen atoms in total. The smallest absolute Gasteiger partial charge is 0.202 e. The molecule has 0 aromatic carbocycles. The summed E-state index contributed by atoms with van der Waals surface area (Å²) in [5, 5.41) is 0.199. The average Bonchev–Trinajstić information content (AvgIpc) is 2.21. The zero-order chi connectivity index (χ0) is 11.4. The lowest BCUT2D eigenvalue weighted by atomic mass is 10.1. The number of halogens is 2. The second kappa shape index (κ2) is 5.00. The van der Waals surface area contributed by atoms with Crippen molar-refractivity contribution in [3.63, 3.8) is 0 Å². The molecule has 0 atom stereocenters. The number of ketones is 2. The minimum Gasteiger partial charge on any atom is -0.295 e. The average molecular weight is 246 g/mol. The molecule has 0 bridgehead atoms. The second-order valence-corrected chi connectivity index (χ2v) is 3.44. The number of hydrogen-bond acceptors (Lipinski definition) is 4. The number of aldehydes is 1. The van der Waals surface area contributed by atoms with E-state index in [4.69, 9.17) is 23.2 Å². The summed E-state index contributed by atoms with van der Waals surface area (Å²) >= 11 is 11.2. The fourth-order valence-corrected chi connectivity index (χ4v) is 1.26. The fourth-order valence-electron chi connectivity index (χ4n) is 0.898. The first-order valence-corrected chi connectivity index (χ1v) is 4.63. The van der Waals surface area contributed by atoms with Crippen molar-refractivity contribution in [2.24, 2.45) is 0 Å². The highest BCUT2D eigenvalue weighted by Gasteiger charge is 2.16. The number of aromatic nitrogens is 1. The SMILES string of the molecule is O=CC(=O)CC(=O)c1nc(Cl)ccc1Cl. The molecular formula is C9H5Cl2NO3. The van der Waals surface area contributed by atoms with Crippen molar-refractivity contribution in [2.75, 3.05) is 0 Å². The molecule has 0 aliphatic carbocycles. The Labute approximate surface area is 95.2 Å². The van der Waals surface area contributed by atoms with Crippen molar-refractivity contribution < 1.29 is 14.4 Å². The predicted molar refractivity (Wildman–Crippen MR) is 54.3 cm³/mol. The van der Waals surface area contributed by atoms with E-state index < -0.39 is 18.0 Å². The van der Waals surface area contributed by atoms with E-state index in [9.17, 15) is 14.4 Å². The highest BCUT2D eigenvalue weighted by atomic mass is 35.5. The summed E-state index contributed by atoms with van der Waals surface area (Å²) in [4.78, 5) is 35.8. The van der Waals surface area contributed by atoms with Crippen molar-refractivity contribution in [2.45, 2.75) is 6.42 Å². The van der Waals surface area contributed by atoms with Gasteiger partial charge in [-0.15, -0.1) is 0 Å². The molecule has 78 valence electrons. The first-order chi connectivity index (χ1) is 7.04. The van der Waals surface area contributed by atoms with Crippen molar-refractivity contribution >= 4 is 41.1 Å². The summed E-state index contributed by atoms with van der Waals surface area (Å²) in [6.45, 7) is 0. The highest BCUT2D eigenvalue weighted by Crippen LogP contribution is 2.18. The van der Waals surface area contributed by atoms with E-state index in [1.807, 2.05) is 0 Å². The molecule has 0 unspecified atom stereocenters. The summed E-state index contributed by atoms with van der Waals surface area (Å²) in [5.41, 5.74) is -0.0978. The predicted octanol–water partition coefficient (Wildman–Crippen LogP) is 1.73. The Hall–Kier alpha value is -1.26. The number of carbonyl (C=O) groups excluding carboxylic acids is 3. The molecule has 0 amide bonds. The van der Waals surface area contributed by atoms with Crippen LogP contribution < -0.4 is 0 Å². The van der Waals surface area contributed by atoms with Gasteiger partial charge in [0.1, 0.15) is 10.8 Å². The molecule has 0 saturated carbocycles. The molecule has 1 aromatic rings. The first kappa shape index (κ1) is 11.8. The molecule has 0 aliphatic rings. The molecule has 0 fully saturated rings. The van der Waals surface area contributed by atoms with E-state index in [1.165, 1.54) is 12.1 Å². The lowest BCUT2D eigenvalue weighted by Crippen LogP contribution is -2.11. The lowest BCUT2D eigenvalue weighted by molar-refractivity contribution is -0.129. The zero-order valence-electron chi connectivity index (χ0n) is 7.37. The Balaban J connectivity index is 2.95. The minimum absolute atomic E-state index is 0.0797. The third kappa shape index (κ3) is 3.11. The summed E-state index contributed by atoms with van der Waals surface area (Å²) in [6.07, 6.45) is -0.465. The largest absolute Gasteiger partial charge is 0.295 e. The van der Waals surface area contributed by atoms with Gasteiger partial charge >= 0.3 is 0 Å². The van der Waals surface area contributed by atoms with Gasteiger partial charge in [0.15, 0.2) is 12.1 Å². The monoisotopic (exact) mass is 245 g/mol. The molecule has 15 heavy (non-hydrogen) atoms. The van der Waals surface area contributed by atoms with Crippen LogP contribution in [0.5, 0.6) is 0 Å². The van der Waals surface area contributed by atoms with E-state index in [0.29, 0.717) is 0 Å². The van der Waals surface area contributed by atoms with Crippen LogP contribution >= 0.6 is 23.2 Å². The lowest BCUT2D eigenvalue weighted by Gasteiger charge is -2.00. The van der Waals surface area contributed by atoms with Gasteiger partial charge in [0.2, 0.25) is 5.78 Å². The van der Waals surface area contributed by atoms with E-state index >= 15 is 0 Å². The van der Waals surface area contributed by atoms with Crippen LogP contribution in [-0.2, 0) is 9.59 Å². The highest BCUT2D eigenvalue weighted by molar-refractivity contribution is 6.37. The molecule has 0 spiro atoms. The summed E-state index contributed by atoms with van der Waals surface area (Å²) < 4.78 is 0. The van der Waals surface area contributed by atoms with Crippen molar-refractivity contribution in [3.8, 4) is 0 Å². The zero-order valence-corrected chi connectivity index (χ0v) is 8.88. The van der Waals surface area contributed by atoms with Gasteiger partial charge in [-0.1, -0.05) is 23.2 Å². The molecule has 0 radical (unpaired) electrons. The van der Waals surface area contributed by atoms with Crippen LogP contribution in [0.15, 0.2) is 12.1 Å². The third-order valence-corrected chi connectivity index (χ3v) is 2.06. The molecule has 0 saturated heterocycles. The number of nitrogens with zero attached hydrogens (tertiary/aromatic N) is 1. The van der Waals surface area contributed by atoms with Gasteiger partial charge in [0.05, 0.1) is 11.4 Å². The Bertz CT molecular complexity index is 431. The van der Waals surface area contributed by atoms with Crippen LogP contribution in [0.25, 0.3) is 0 Å². The standard InChI is InChI=1S/C9H5Cl2NO3/c10-6-1-2-8(11)12-9(6)7(15)3-5(14)4-13/h1-2,4H,3H2. The van der Waals surface area contributed by atoms with Crippen molar-refractivity contribution in [1.82, 2.24) is 4.98 Å². The van der Waals surface area contributed by atoms with Crippen LogP contribution in [0.4, 0.5) is 0 Å². The van der Waals surface area contributed by atoms with Gasteiger partial charge < -0.3 is 0 Å². The van der Waals surface area contributed by atoms with Gasteiger partial charge in [-0.3, -0.25) is 14.4 Å². The molecule has 1 rings (SSSR count). The van der Waals surface area contributed by atoms with Crippen LogP contribution in [-0.4, -0.2) is 22.8 Å². The van der Waals surface area contributed by atoms with E-state index in [2.05, 4.69) is 4.98 Å². The molecular weight excluding hydrogens is 241 g/mol. The summed E-state index contributed by atoms with van der Waals surface area (Å²) in [7, 11) is 0. The number of hydrogen-bond donors (Lipinski definition) is 0. The van der Waals surface area contributed by atoms with E-state index in [1.54, 1.807) is 0 Å². The number of carbonyl (C=O) groups is 3. The van der Waals surface area contributed by atoms with Crippen LogP contribution in [0.1, 0.15) is 16.9 Å². The summed E-state index contributed by atoms with van der Waals surface area (Å²) in [6, 6.07) is 2.82. The Morgan fingerprint density at radius 1 is 1.33 bits per heavy atom. The van der Waals surface area contributed by atoms with Crippen molar-refractivity contribution in [1.29, 1.82) is 0 Å². The maximum Gasteiger partial charge on any atom is 0.202 e. The molecule has 0 N–H and O–H groups in total. The first-order valence-electron chi connectivity index (χ1n) is 3.88. The van der Waals surface area contributed by atoms with Gasteiger partial charge in [-0.25, -0.2) is 4.98 Å². The fraction of sp³-hybridized carbons (Fsp3) is 0.111. The van der Waals surface area contributed by atoms with Crippen LogP contribution in [0.3, 0.4) is 0 Å². The number of rotatable bonds is 4. The van der Waals surface area contributed by atoms with Gasteiger partial charge in [0.25, 0.3) is 0 Å². The second-order valence-electron chi connectivity index (χ2n) is 2.65. The van der Waals surface area contributed by atoms with E-state index in [0.717, 1.165) is 0 Å². The maximum absolute atomic E-state index is 11.4. The van der Waals surface area contributed by atoms with Gasteiger partial charge in [0, 0.05) is 0 Å². The minimum atomic E-state index is -0.821. The topological polar surface area (TPSA) is 64.1 Å². The Morgan fingerprint density at radius 2 is 2.00 bits per heavy atom. The van der Waals surface area contributed by atoms with Crippen LogP contribution in [0.2, 0.25) is 10.2 Å². The third-order valence-electron chi connectivity index (χ3n) is 1.54. The molecule has 1 heterocycles. The van der Waals surface area contributed by atoms with Gasteiger partial charge in [-0.2, -0.15) is 0 Å².